The molecule has 0 radical (unpaired) electrons. The minimum Gasteiger partial charge on any atom is -0.461 e. The third-order valence-electron chi connectivity index (χ3n) is 4.45. The van der Waals surface area contributed by atoms with Crippen molar-refractivity contribution in [2.45, 2.75) is 59.3 Å². The Morgan fingerprint density at radius 2 is 1.88 bits per heavy atom. The van der Waals surface area contributed by atoms with Gasteiger partial charge in [-0.15, -0.1) is 0 Å². The topological polar surface area (TPSA) is 42.1 Å². The number of aryl methyl sites for hydroxylation is 2. The lowest BCUT2D eigenvalue weighted by Gasteiger charge is -2.08. The molecule has 25 heavy (non-hydrogen) atoms. The molecule has 0 amide bonds. The second-order valence-corrected chi connectivity index (χ2v) is 6.43. The van der Waals surface area contributed by atoms with Crippen LogP contribution in [0.15, 0.2) is 24.4 Å². The highest BCUT2D eigenvalue weighted by atomic mass is 19.1. The van der Waals surface area contributed by atoms with Crippen molar-refractivity contribution in [3.8, 4) is 11.1 Å². The number of hydrogen-bond acceptors (Lipinski definition) is 2. The van der Waals surface area contributed by atoms with Crippen LogP contribution >= 0.6 is 0 Å². The number of benzene rings is 1. The van der Waals surface area contributed by atoms with E-state index in [0.717, 1.165) is 17.5 Å². The van der Waals surface area contributed by atoms with E-state index >= 15 is 0 Å². The molecular formula is C21H28FNO2. The van der Waals surface area contributed by atoms with Crippen LogP contribution in [-0.4, -0.2) is 17.6 Å². The van der Waals surface area contributed by atoms with Gasteiger partial charge in [0.25, 0.3) is 0 Å². The summed E-state index contributed by atoms with van der Waals surface area (Å²) in [5.41, 5.74) is 3.39. The quantitative estimate of drug-likeness (QED) is 0.460. The van der Waals surface area contributed by atoms with Crippen LogP contribution in [0.25, 0.3) is 11.1 Å². The summed E-state index contributed by atoms with van der Waals surface area (Å²) in [6.07, 6.45) is 8.87. The van der Waals surface area contributed by atoms with Crippen molar-refractivity contribution in [3.63, 3.8) is 0 Å². The molecular weight excluding hydrogens is 317 g/mol. The highest BCUT2D eigenvalue weighted by Gasteiger charge is 2.20. The number of hydrogen-bond donors (Lipinski definition) is 1. The SMILES string of the molecule is CCCCCCCc1ccc(-c2c[nH]c(C(=O)OCC)c2F)c(C)c1. The zero-order valence-corrected chi connectivity index (χ0v) is 15.5. The summed E-state index contributed by atoms with van der Waals surface area (Å²) in [5, 5.41) is 0. The standard InChI is InChI=1S/C21H28FNO2/c1-4-6-7-8-9-10-16-11-12-17(15(3)13-16)18-14-23-20(19(18)22)21(24)25-5-2/h11-14,23H,4-10H2,1-3H3. The molecule has 0 atom stereocenters. The molecule has 3 nitrogen and oxygen atoms in total. The predicted octanol–water partition coefficient (Wildman–Crippen LogP) is 5.82. The molecule has 0 fully saturated rings. The van der Waals surface area contributed by atoms with Crippen LogP contribution in [0.3, 0.4) is 0 Å². The molecule has 2 rings (SSSR count). The van der Waals surface area contributed by atoms with Gasteiger partial charge >= 0.3 is 5.97 Å². The molecule has 0 aliphatic rings. The molecule has 1 heterocycles. The van der Waals surface area contributed by atoms with Crippen LogP contribution < -0.4 is 0 Å². The molecule has 0 bridgehead atoms. The average Bonchev–Trinajstić information content (AvgIpc) is 2.96. The number of nitrogens with one attached hydrogen (secondary N) is 1. The fourth-order valence-electron chi connectivity index (χ4n) is 3.07. The van der Waals surface area contributed by atoms with Crippen molar-refractivity contribution in [1.82, 2.24) is 4.98 Å². The van der Waals surface area contributed by atoms with Gasteiger partial charge in [-0.1, -0.05) is 50.8 Å². The summed E-state index contributed by atoms with van der Waals surface area (Å²) in [5.74, 6) is -1.21. The molecule has 1 aromatic carbocycles. The third kappa shape index (κ3) is 4.94. The Morgan fingerprint density at radius 1 is 1.12 bits per heavy atom. The van der Waals surface area contributed by atoms with Gasteiger partial charge < -0.3 is 9.72 Å². The number of esters is 1. The Morgan fingerprint density at radius 3 is 2.56 bits per heavy atom. The average molecular weight is 345 g/mol. The molecule has 0 aliphatic heterocycles. The van der Waals surface area contributed by atoms with Crippen molar-refractivity contribution >= 4 is 5.97 Å². The normalized spacial score (nSPS) is 10.9. The van der Waals surface area contributed by atoms with E-state index in [1.165, 1.54) is 43.9 Å². The predicted molar refractivity (Wildman–Crippen MR) is 99.3 cm³/mol. The molecule has 0 saturated carbocycles. The number of aromatic nitrogens is 1. The van der Waals surface area contributed by atoms with E-state index in [-0.39, 0.29) is 12.3 Å². The van der Waals surface area contributed by atoms with Crippen molar-refractivity contribution in [2.75, 3.05) is 6.61 Å². The van der Waals surface area contributed by atoms with Crippen LogP contribution in [0.1, 0.15) is 67.6 Å². The Kier molecular flexibility index (Phi) is 7.23. The highest BCUT2D eigenvalue weighted by Crippen LogP contribution is 2.29. The summed E-state index contributed by atoms with van der Waals surface area (Å²) in [6.45, 7) is 6.12. The van der Waals surface area contributed by atoms with E-state index in [2.05, 4.69) is 24.0 Å². The van der Waals surface area contributed by atoms with Crippen molar-refractivity contribution in [3.05, 3.63) is 47.0 Å². The molecule has 0 aliphatic carbocycles. The first kappa shape index (κ1) is 19.2. The monoisotopic (exact) mass is 345 g/mol. The summed E-state index contributed by atoms with van der Waals surface area (Å²) in [7, 11) is 0. The lowest BCUT2D eigenvalue weighted by molar-refractivity contribution is 0.0515. The highest BCUT2D eigenvalue weighted by molar-refractivity contribution is 5.90. The number of aromatic amines is 1. The second kappa shape index (κ2) is 9.40. The van der Waals surface area contributed by atoms with Gasteiger partial charge in [0, 0.05) is 11.8 Å². The van der Waals surface area contributed by atoms with Crippen LogP contribution in [0.5, 0.6) is 0 Å². The largest absolute Gasteiger partial charge is 0.461 e. The number of ether oxygens (including phenoxy) is 1. The summed E-state index contributed by atoms with van der Waals surface area (Å²) in [6, 6.07) is 6.11. The maximum absolute atomic E-state index is 14.6. The molecule has 1 aromatic heterocycles. The van der Waals surface area contributed by atoms with E-state index in [1.807, 2.05) is 13.0 Å². The first-order chi connectivity index (χ1) is 12.1. The van der Waals surface area contributed by atoms with E-state index in [1.54, 1.807) is 6.92 Å². The van der Waals surface area contributed by atoms with E-state index in [9.17, 15) is 9.18 Å². The summed E-state index contributed by atoms with van der Waals surface area (Å²) >= 11 is 0. The minimum absolute atomic E-state index is 0.115. The molecule has 0 saturated heterocycles. The van der Waals surface area contributed by atoms with Crippen LogP contribution in [-0.2, 0) is 11.2 Å². The van der Waals surface area contributed by atoms with Gasteiger partial charge in [0.15, 0.2) is 11.5 Å². The number of rotatable bonds is 9. The fourth-order valence-corrected chi connectivity index (χ4v) is 3.07. The molecule has 4 heteroatoms. The minimum atomic E-state index is -0.660. The third-order valence-corrected chi connectivity index (χ3v) is 4.45. The van der Waals surface area contributed by atoms with Gasteiger partial charge in [-0.25, -0.2) is 9.18 Å². The first-order valence-electron chi connectivity index (χ1n) is 9.22. The van der Waals surface area contributed by atoms with Crippen molar-refractivity contribution < 1.29 is 13.9 Å². The fraction of sp³-hybridized carbons (Fsp3) is 0.476. The van der Waals surface area contributed by atoms with E-state index < -0.39 is 11.8 Å². The second-order valence-electron chi connectivity index (χ2n) is 6.43. The van der Waals surface area contributed by atoms with E-state index in [4.69, 9.17) is 4.74 Å². The molecule has 136 valence electrons. The van der Waals surface area contributed by atoms with Gasteiger partial charge in [0.2, 0.25) is 0 Å². The van der Waals surface area contributed by atoms with Crippen LogP contribution in [0, 0.1) is 12.7 Å². The molecule has 0 spiro atoms. The number of halogens is 1. The lowest BCUT2D eigenvalue weighted by Crippen LogP contribution is -2.07. The number of carbonyl (C=O) groups is 1. The first-order valence-corrected chi connectivity index (χ1v) is 9.22. The Balaban J connectivity index is 2.09. The van der Waals surface area contributed by atoms with Gasteiger partial charge in [-0.05, 0) is 43.4 Å². The van der Waals surface area contributed by atoms with Crippen LogP contribution in [0.2, 0.25) is 0 Å². The van der Waals surface area contributed by atoms with E-state index in [0.29, 0.717) is 5.56 Å². The number of unbranched alkanes of at least 4 members (excludes halogenated alkanes) is 4. The Labute approximate surface area is 149 Å². The lowest BCUT2D eigenvalue weighted by atomic mass is 9.97. The van der Waals surface area contributed by atoms with Gasteiger partial charge in [0.1, 0.15) is 0 Å². The van der Waals surface area contributed by atoms with Gasteiger partial charge in [-0.2, -0.15) is 0 Å². The van der Waals surface area contributed by atoms with Crippen LogP contribution in [0.4, 0.5) is 4.39 Å². The maximum atomic E-state index is 14.6. The zero-order valence-electron chi connectivity index (χ0n) is 15.5. The van der Waals surface area contributed by atoms with Crippen molar-refractivity contribution in [1.29, 1.82) is 0 Å². The van der Waals surface area contributed by atoms with Crippen molar-refractivity contribution in [2.24, 2.45) is 0 Å². The Bertz CT molecular complexity index is 706. The summed E-state index contributed by atoms with van der Waals surface area (Å²) in [4.78, 5) is 14.5. The number of H-pyrrole nitrogens is 1. The smallest absolute Gasteiger partial charge is 0.357 e. The molecule has 1 N–H and O–H groups in total. The molecule has 0 unspecified atom stereocenters. The summed E-state index contributed by atoms with van der Waals surface area (Å²) < 4.78 is 19.4. The maximum Gasteiger partial charge on any atom is 0.357 e. The van der Waals surface area contributed by atoms with Gasteiger partial charge in [0.05, 0.1) is 6.61 Å². The Hall–Kier alpha value is -2.10. The number of carbonyl (C=O) groups excluding carboxylic acids is 1. The molecule has 2 aromatic rings. The zero-order chi connectivity index (χ0) is 18.2. The van der Waals surface area contributed by atoms with Gasteiger partial charge in [-0.3, -0.25) is 0 Å².